The van der Waals surface area contributed by atoms with Crippen molar-refractivity contribution in [2.75, 3.05) is 0 Å². The van der Waals surface area contributed by atoms with E-state index in [0.717, 1.165) is 40.9 Å². The summed E-state index contributed by atoms with van der Waals surface area (Å²) in [6, 6.07) is 21.6. The molecule has 0 spiro atoms. The SMILES string of the molecule is CCCc1c(-c2ccccc2)c(-c2ccccc2)nn1C(=O)n1cccn1. The number of aromatic nitrogens is 4. The molecular formula is C22H20N4O. The lowest BCUT2D eigenvalue weighted by Gasteiger charge is -2.08. The molecule has 0 radical (unpaired) electrons. The second kappa shape index (κ2) is 7.41. The molecular weight excluding hydrogens is 336 g/mol. The zero-order valence-corrected chi connectivity index (χ0v) is 15.1. The summed E-state index contributed by atoms with van der Waals surface area (Å²) in [6.45, 7) is 2.10. The molecule has 0 fully saturated rings. The molecule has 5 heteroatoms. The van der Waals surface area contributed by atoms with Gasteiger partial charge in [-0.15, -0.1) is 0 Å². The van der Waals surface area contributed by atoms with E-state index in [1.807, 2.05) is 48.5 Å². The zero-order valence-electron chi connectivity index (χ0n) is 15.1. The van der Waals surface area contributed by atoms with Gasteiger partial charge < -0.3 is 0 Å². The lowest BCUT2D eigenvalue weighted by molar-refractivity contribution is 0.237. The van der Waals surface area contributed by atoms with Crippen molar-refractivity contribution in [3.63, 3.8) is 0 Å². The van der Waals surface area contributed by atoms with E-state index in [1.165, 1.54) is 9.36 Å². The van der Waals surface area contributed by atoms with Gasteiger partial charge in [0.1, 0.15) is 5.69 Å². The Morgan fingerprint density at radius 3 is 2.19 bits per heavy atom. The Kier molecular flexibility index (Phi) is 4.66. The molecule has 0 unspecified atom stereocenters. The first kappa shape index (κ1) is 17.0. The lowest BCUT2D eigenvalue weighted by Crippen LogP contribution is -2.23. The highest BCUT2D eigenvalue weighted by Crippen LogP contribution is 2.35. The number of benzene rings is 2. The average Bonchev–Trinajstić information content (AvgIpc) is 3.38. The van der Waals surface area contributed by atoms with Gasteiger partial charge in [-0.25, -0.2) is 4.79 Å². The summed E-state index contributed by atoms with van der Waals surface area (Å²) in [5, 5.41) is 8.82. The topological polar surface area (TPSA) is 52.7 Å². The van der Waals surface area contributed by atoms with Gasteiger partial charge in [-0.3, -0.25) is 0 Å². The van der Waals surface area contributed by atoms with E-state index in [4.69, 9.17) is 5.10 Å². The average molecular weight is 356 g/mol. The summed E-state index contributed by atoms with van der Waals surface area (Å²) in [5.41, 5.74) is 4.76. The van der Waals surface area contributed by atoms with Crippen LogP contribution in [-0.2, 0) is 6.42 Å². The maximum absolute atomic E-state index is 13.0. The maximum atomic E-state index is 13.0. The molecule has 2 aromatic carbocycles. The fraction of sp³-hybridized carbons (Fsp3) is 0.136. The molecule has 5 nitrogen and oxygen atoms in total. The predicted molar refractivity (Wildman–Crippen MR) is 106 cm³/mol. The van der Waals surface area contributed by atoms with Gasteiger partial charge in [-0.05, 0) is 18.1 Å². The molecule has 0 aliphatic carbocycles. The van der Waals surface area contributed by atoms with E-state index < -0.39 is 0 Å². The Hall–Kier alpha value is -3.47. The molecule has 0 saturated carbocycles. The predicted octanol–water partition coefficient (Wildman–Crippen LogP) is 4.88. The fourth-order valence-electron chi connectivity index (χ4n) is 3.26. The maximum Gasteiger partial charge on any atom is 0.369 e. The summed E-state index contributed by atoms with van der Waals surface area (Å²) in [4.78, 5) is 13.0. The van der Waals surface area contributed by atoms with Gasteiger partial charge in [-0.2, -0.15) is 19.6 Å². The van der Waals surface area contributed by atoms with Crippen LogP contribution in [0.3, 0.4) is 0 Å². The first-order chi connectivity index (χ1) is 13.3. The van der Waals surface area contributed by atoms with Crippen LogP contribution >= 0.6 is 0 Å². The quantitative estimate of drug-likeness (QED) is 0.523. The van der Waals surface area contributed by atoms with E-state index >= 15 is 0 Å². The first-order valence-corrected chi connectivity index (χ1v) is 9.06. The first-order valence-electron chi connectivity index (χ1n) is 9.06. The molecule has 0 aliphatic rings. The van der Waals surface area contributed by atoms with Crippen LogP contribution < -0.4 is 0 Å². The molecule has 4 rings (SSSR count). The van der Waals surface area contributed by atoms with Crippen molar-refractivity contribution in [2.45, 2.75) is 19.8 Å². The van der Waals surface area contributed by atoms with Crippen molar-refractivity contribution in [2.24, 2.45) is 0 Å². The largest absolute Gasteiger partial charge is 0.369 e. The highest BCUT2D eigenvalue weighted by atomic mass is 16.2. The summed E-state index contributed by atoms with van der Waals surface area (Å²) >= 11 is 0. The Bertz CT molecular complexity index is 1030. The van der Waals surface area contributed by atoms with Crippen LogP contribution in [0.15, 0.2) is 79.1 Å². The van der Waals surface area contributed by atoms with Crippen molar-refractivity contribution in [1.82, 2.24) is 19.6 Å². The summed E-state index contributed by atoms with van der Waals surface area (Å²) < 4.78 is 2.82. The number of rotatable bonds is 4. The van der Waals surface area contributed by atoms with Crippen LogP contribution in [0, 0.1) is 0 Å². The molecule has 0 amide bonds. The highest BCUT2D eigenvalue weighted by Gasteiger charge is 2.24. The highest BCUT2D eigenvalue weighted by molar-refractivity contribution is 5.88. The monoisotopic (exact) mass is 356 g/mol. The second-order valence-corrected chi connectivity index (χ2v) is 6.30. The Morgan fingerprint density at radius 2 is 1.59 bits per heavy atom. The Balaban J connectivity index is 1.98. The van der Waals surface area contributed by atoms with Gasteiger partial charge in [0.25, 0.3) is 0 Å². The summed E-state index contributed by atoms with van der Waals surface area (Å²) in [5.74, 6) is 0. The summed E-state index contributed by atoms with van der Waals surface area (Å²) in [7, 11) is 0. The smallest absolute Gasteiger partial charge is 0.244 e. The van der Waals surface area contributed by atoms with Crippen LogP contribution in [0.1, 0.15) is 19.0 Å². The van der Waals surface area contributed by atoms with Gasteiger partial charge in [0, 0.05) is 23.5 Å². The second-order valence-electron chi connectivity index (χ2n) is 6.30. The standard InChI is InChI=1S/C22H20N4O/c1-2-10-19-20(17-11-5-3-6-12-17)21(18-13-7-4-8-14-18)24-26(19)22(27)25-16-9-15-23-25/h3-9,11-16H,2,10H2,1H3. The third-order valence-electron chi connectivity index (χ3n) is 4.46. The normalized spacial score (nSPS) is 10.9. The minimum atomic E-state index is -0.275. The number of hydrogen-bond donors (Lipinski definition) is 0. The number of nitrogens with zero attached hydrogens (tertiary/aromatic N) is 4. The van der Waals surface area contributed by atoms with Crippen molar-refractivity contribution in [1.29, 1.82) is 0 Å². The zero-order chi connectivity index (χ0) is 18.6. The van der Waals surface area contributed by atoms with Gasteiger partial charge in [0.2, 0.25) is 0 Å². The van der Waals surface area contributed by atoms with Gasteiger partial charge in [0.05, 0.1) is 5.69 Å². The summed E-state index contributed by atoms with van der Waals surface area (Å²) in [6.07, 6.45) is 4.89. The third-order valence-corrected chi connectivity index (χ3v) is 4.46. The molecule has 0 aliphatic heterocycles. The molecule has 0 N–H and O–H groups in total. The van der Waals surface area contributed by atoms with Crippen LogP contribution in [-0.4, -0.2) is 25.6 Å². The van der Waals surface area contributed by atoms with Crippen molar-refractivity contribution in [3.8, 4) is 22.4 Å². The van der Waals surface area contributed by atoms with E-state index in [0.29, 0.717) is 0 Å². The van der Waals surface area contributed by atoms with Gasteiger partial charge in [0.15, 0.2) is 0 Å². The van der Waals surface area contributed by atoms with E-state index in [2.05, 4.69) is 24.2 Å². The third kappa shape index (κ3) is 3.19. The molecule has 0 atom stereocenters. The lowest BCUT2D eigenvalue weighted by atomic mass is 9.97. The molecule has 4 aromatic rings. The molecule has 27 heavy (non-hydrogen) atoms. The molecule has 134 valence electrons. The molecule has 0 bridgehead atoms. The minimum absolute atomic E-state index is 0.275. The molecule has 2 heterocycles. The van der Waals surface area contributed by atoms with Crippen molar-refractivity contribution >= 4 is 6.03 Å². The Labute approximate surface area is 157 Å². The van der Waals surface area contributed by atoms with Crippen LogP contribution in [0.4, 0.5) is 4.79 Å². The van der Waals surface area contributed by atoms with Gasteiger partial charge in [-0.1, -0.05) is 74.0 Å². The van der Waals surface area contributed by atoms with E-state index in [9.17, 15) is 4.79 Å². The number of carbonyl (C=O) groups excluding carboxylic acids is 1. The van der Waals surface area contributed by atoms with Gasteiger partial charge >= 0.3 is 6.03 Å². The van der Waals surface area contributed by atoms with Crippen LogP contribution in [0.5, 0.6) is 0 Å². The van der Waals surface area contributed by atoms with E-state index in [1.54, 1.807) is 18.5 Å². The molecule has 2 aromatic heterocycles. The fourth-order valence-corrected chi connectivity index (χ4v) is 3.26. The Morgan fingerprint density at radius 1 is 0.926 bits per heavy atom. The van der Waals surface area contributed by atoms with Crippen molar-refractivity contribution in [3.05, 3.63) is 84.8 Å². The molecule has 0 saturated heterocycles. The van der Waals surface area contributed by atoms with Crippen LogP contribution in [0.2, 0.25) is 0 Å². The van der Waals surface area contributed by atoms with Crippen LogP contribution in [0.25, 0.3) is 22.4 Å². The van der Waals surface area contributed by atoms with E-state index in [-0.39, 0.29) is 6.03 Å². The van der Waals surface area contributed by atoms with Crippen molar-refractivity contribution < 1.29 is 4.79 Å². The number of hydrogen-bond acceptors (Lipinski definition) is 3. The minimum Gasteiger partial charge on any atom is -0.244 e. The number of carbonyl (C=O) groups is 1.